The van der Waals surface area contributed by atoms with Gasteiger partial charge in [0.1, 0.15) is 17.4 Å². The summed E-state index contributed by atoms with van der Waals surface area (Å²) in [5.41, 5.74) is 0.0691. The zero-order chi connectivity index (χ0) is 9.84. The number of phenolic OH excluding ortho intramolecular Hbond substituents is 1. The average molecular weight is 186 g/mol. The molecule has 0 saturated heterocycles. The minimum atomic E-state index is -0.661. The second-order valence-corrected chi connectivity index (χ2v) is 2.99. The molecular formula is C10H12F2O. The summed E-state index contributed by atoms with van der Waals surface area (Å²) in [4.78, 5) is 0. The maximum Gasteiger partial charge on any atom is 0.132 e. The fourth-order valence-corrected chi connectivity index (χ4v) is 1.18. The molecule has 0 heterocycles. The summed E-state index contributed by atoms with van der Waals surface area (Å²) in [5.74, 6) is -1.69. The van der Waals surface area contributed by atoms with Crippen molar-refractivity contribution in [1.82, 2.24) is 0 Å². The van der Waals surface area contributed by atoms with Crippen LogP contribution in [-0.4, -0.2) is 5.11 Å². The number of hydrogen-bond acceptors (Lipinski definition) is 1. The summed E-state index contributed by atoms with van der Waals surface area (Å²) in [7, 11) is 0. The molecule has 0 aliphatic carbocycles. The lowest BCUT2D eigenvalue weighted by Crippen LogP contribution is -1.95. The number of phenols is 1. The maximum atomic E-state index is 13.0. The molecule has 1 nitrogen and oxygen atoms in total. The molecule has 0 saturated carbocycles. The van der Waals surface area contributed by atoms with Gasteiger partial charge in [-0.25, -0.2) is 8.78 Å². The van der Waals surface area contributed by atoms with Gasteiger partial charge in [0.25, 0.3) is 0 Å². The molecule has 72 valence electrons. The Morgan fingerprint density at radius 3 is 2.23 bits per heavy atom. The van der Waals surface area contributed by atoms with Crippen molar-refractivity contribution in [3.63, 3.8) is 0 Å². The van der Waals surface area contributed by atoms with E-state index in [1.165, 1.54) is 0 Å². The lowest BCUT2D eigenvalue weighted by molar-refractivity contribution is 0.456. The summed E-state index contributed by atoms with van der Waals surface area (Å²) in [6.07, 6.45) is 2.02. The summed E-state index contributed by atoms with van der Waals surface area (Å²) < 4.78 is 26.1. The second kappa shape index (κ2) is 4.21. The molecule has 0 unspecified atom stereocenters. The molecule has 0 aliphatic heterocycles. The minimum Gasteiger partial charge on any atom is -0.508 e. The van der Waals surface area contributed by atoms with Gasteiger partial charge in [0.2, 0.25) is 0 Å². The minimum absolute atomic E-state index is 0.0691. The zero-order valence-corrected chi connectivity index (χ0v) is 7.48. The van der Waals surface area contributed by atoms with Crippen LogP contribution in [0.3, 0.4) is 0 Å². The van der Waals surface area contributed by atoms with Gasteiger partial charge in [-0.1, -0.05) is 13.3 Å². The van der Waals surface area contributed by atoms with Gasteiger partial charge in [-0.2, -0.15) is 0 Å². The largest absolute Gasteiger partial charge is 0.508 e. The highest BCUT2D eigenvalue weighted by Gasteiger charge is 2.09. The predicted octanol–water partition coefficient (Wildman–Crippen LogP) is 3.01. The average Bonchev–Trinajstić information content (AvgIpc) is 2.02. The quantitative estimate of drug-likeness (QED) is 0.769. The van der Waals surface area contributed by atoms with Crippen LogP contribution in [0.5, 0.6) is 5.75 Å². The van der Waals surface area contributed by atoms with Gasteiger partial charge < -0.3 is 5.11 Å². The Morgan fingerprint density at radius 1 is 1.23 bits per heavy atom. The number of benzene rings is 1. The van der Waals surface area contributed by atoms with Crippen molar-refractivity contribution in [2.45, 2.75) is 26.2 Å². The third-order valence-electron chi connectivity index (χ3n) is 1.91. The molecule has 0 radical (unpaired) electrons. The van der Waals surface area contributed by atoms with E-state index in [2.05, 4.69) is 0 Å². The van der Waals surface area contributed by atoms with E-state index in [0.29, 0.717) is 6.42 Å². The Hall–Kier alpha value is -1.12. The maximum absolute atomic E-state index is 13.0. The molecule has 0 spiro atoms. The highest BCUT2D eigenvalue weighted by atomic mass is 19.1. The highest BCUT2D eigenvalue weighted by molar-refractivity contribution is 5.29. The van der Waals surface area contributed by atoms with Gasteiger partial charge in [-0.3, -0.25) is 0 Å². The molecule has 0 aliphatic rings. The summed E-state index contributed by atoms with van der Waals surface area (Å²) >= 11 is 0. The van der Waals surface area contributed by atoms with Crippen LogP contribution >= 0.6 is 0 Å². The predicted molar refractivity (Wildman–Crippen MR) is 46.6 cm³/mol. The van der Waals surface area contributed by atoms with Crippen molar-refractivity contribution in [2.24, 2.45) is 0 Å². The first-order chi connectivity index (χ1) is 6.15. The molecule has 13 heavy (non-hydrogen) atoms. The number of halogens is 2. The van der Waals surface area contributed by atoms with Gasteiger partial charge in [0, 0.05) is 17.7 Å². The van der Waals surface area contributed by atoms with Crippen LogP contribution in [0.4, 0.5) is 8.78 Å². The van der Waals surface area contributed by atoms with Gasteiger partial charge in [-0.05, 0) is 12.8 Å². The summed E-state index contributed by atoms with van der Waals surface area (Å²) in [5, 5.41) is 8.86. The number of hydrogen-bond donors (Lipinski definition) is 1. The molecule has 1 aromatic carbocycles. The molecule has 3 heteroatoms. The second-order valence-electron chi connectivity index (χ2n) is 2.99. The van der Waals surface area contributed by atoms with Crippen LogP contribution in [0.15, 0.2) is 12.1 Å². The van der Waals surface area contributed by atoms with Gasteiger partial charge in [0.05, 0.1) is 0 Å². The van der Waals surface area contributed by atoms with Gasteiger partial charge >= 0.3 is 0 Å². The molecule has 0 aromatic heterocycles. The lowest BCUT2D eigenvalue weighted by Gasteiger charge is -2.04. The highest BCUT2D eigenvalue weighted by Crippen LogP contribution is 2.20. The van der Waals surface area contributed by atoms with Crippen molar-refractivity contribution in [1.29, 1.82) is 0 Å². The van der Waals surface area contributed by atoms with E-state index in [-0.39, 0.29) is 11.3 Å². The fraction of sp³-hybridized carbons (Fsp3) is 0.400. The van der Waals surface area contributed by atoms with Crippen molar-refractivity contribution in [3.05, 3.63) is 29.3 Å². The van der Waals surface area contributed by atoms with E-state index in [4.69, 9.17) is 5.11 Å². The van der Waals surface area contributed by atoms with E-state index in [9.17, 15) is 8.78 Å². The molecule has 0 atom stereocenters. The summed E-state index contributed by atoms with van der Waals surface area (Å²) in [6, 6.07) is 1.88. The number of rotatable bonds is 3. The molecular weight excluding hydrogens is 174 g/mol. The first-order valence-electron chi connectivity index (χ1n) is 4.32. The van der Waals surface area contributed by atoms with Crippen molar-refractivity contribution >= 4 is 0 Å². The SMILES string of the molecule is CCCCc1c(F)cc(O)cc1F. The monoisotopic (exact) mass is 186 g/mol. The first-order valence-corrected chi connectivity index (χ1v) is 4.32. The van der Waals surface area contributed by atoms with Crippen LogP contribution in [0, 0.1) is 11.6 Å². The Morgan fingerprint density at radius 2 is 1.77 bits per heavy atom. The van der Waals surface area contributed by atoms with E-state index in [1.54, 1.807) is 0 Å². The van der Waals surface area contributed by atoms with Crippen LogP contribution < -0.4 is 0 Å². The number of aromatic hydroxyl groups is 1. The third-order valence-corrected chi connectivity index (χ3v) is 1.91. The molecule has 1 rings (SSSR count). The van der Waals surface area contributed by atoms with Crippen LogP contribution in [0.2, 0.25) is 0 Å². The molecule has 0 fully saturated rings. The van der Waals surface area contributed by atoms with E-state index < -0.39 is 11.6 Å². The number of unbranched alkanes of at least 4 members (excludes halogenated alkanes) is 1. The Kier molecular flexibility index (Phi) is 3.23. The van der Waals surface area contributed by atoms with Crippen molar-refractivity contribution < 1.29 is 13.9 Å². The smallest absolute Gasteiger partial charge is 0.132 e. The van der Waals surface area contributed by atoms with Gasteiger partial charge in [0.15, 0.2) is 0 Å². The first kappa shape index (κ1) is 9.96. The Labute approximate surface area is 76.0 Å². The van der Waals surface area contributed by atoms with E-state index >= 15 is 0 Å². The topological polar surface area (TPSA) is 20.2 Å². The Balaban J connectivity index is 2.92. The molecule has 0 bridgehead atoms. The molecule has 0 amide bonds. The Bertz CT molecular complexity index is 274. The summed E-state index contributed by atoms with van der Waals surface area (Å²) in [6.45, 7) is 1.95. The zero-order valence-electron chi connectivity index (χ0n) is 7.48. The van der Waals surface area contributed by atoms with Crippen molar-refractivity contribution in [3.8, 4) is 5.75 Å². The van der Waals surface area contributed by atoms with Crippen LogP contribution in [-0.2, 0) is 6.42 Å². The van der Waals surface area contributed by atoms with E-state index in [0.717, 1.165) is 25.0 Å². The van der Waals surface area contributed by atoms with Crippen LogP contribution in [0.1, 0.15) is 25.3 Å². The van der Waals surface area contributed by atoms with Gasteiger partial charge in [-0.15, -0.1) is 0 Å². The third kappa shape index (κ3) is 2.41. The fourth-order valence-electron chi connectivity index (χ4n) is 1.18. The van der Waals surface area contributed by atoms with E-state index in [1.807, 2.05) is 6.92 Å². The van der Waals surface area contributed by atoms with Crippen LogP contribution in [0.25, 0.3) is 0 Å². The van der Waals surface area contributed by atoms with Crippen molar-refractivity contribution in [2.75, 3.05) is 0 Å². The lowest BCUT2D eigenvalue weighted by atomic mass is 10.1. The standard InChI is InChI=1S/C10H12F2O/c1-2-3-4-8-9(11)5-7(13)6-10(8)12/h5-6,13H,2-4H2,1H3. The molecule has 1 N–H and O–H groups in total. The normalized spacial score (nSPS) is 10.4. The molecule has 1 aromatic rings.